The summed E-state index contributed by atoms with van der Waals surface area (Å²) in [6.45, 7) is 5.71. The second-order valence-corrected chi connectivity index (χ2v) is 7.70. The van der Waals surface area contributed by atoms with Gasteiger partial charge in [0.2, 0.25) is 5.91 Å². The van der Waals surface area contributed by atoms with Crippen molar-refractivity contribution in [2.75, 3.05) is 46.3 Å². The van der Waals surface area contributed by atoms with Crippen LogP contribution in [0, 0.1) is 5.92 Å². The van der Waals surface area contributed by atoms with Crippen molar-refractivity contribution in [3.8, 4) is 0 Å². The van der Waals surface area contributed by atoms with Crippen molar-refractivity contribution < 1.29 is 9.90 Å². The number of carbonyl (C=O) groups excluding carboxylic acids is 1. The Hall–Kier alpha value is -0.650. The number of rotatable bonds is 4. The molecule has 1 N–H and O–H groups in total. The van der Waals surface area contributed by atoms with Crippen molar-refractivity contribution in [1.29, 1.82) is 0 Å². The third-order valence-corrected chi connectivity index (χ3v) is 6.16. The molecule has 3 atom stereocenters. The zero-order valence-corrected chi connectivity index (χ0v) is 14.6. The summed E-state index contributed by atoms with van der Waals surface area (Å²) in [5, 5.41) is 10.3. The van der Waals surface area contributed by atoms with E-state index in [-0.39, 0.29) is 6.10 Å². The van der Waals surface area contributed by atoms with Gasteiger partial charge in [-0.25, -0.2) is 0 Å². The van der Waals surface area contributed by atoms with Crippen LogP contribution in [-0.4, -0.2) is 84.2 Å². The van der Waals surface area contributed by atoms with Gasteiger partial charge in [0.05, 0.1) is 6.10 Å². The van der Waals surface area contributed by atoms with Crippen LogP contribution in [0.5, 0.6) is 0 Å². The van der Waals surface area contributed by atoms with Gasteiger partial charge in [0.25, 0.3) is 0 Å². The third kappa shape index (κ3) is 4.25. The van der Waals surface area contributed by atoms with E-state index in [0.29, 0.717) is 24.3 Å². The average molecular weight is 323 g/mol. The fourth-order valence-corrected chi connectivity index (χ4v) is 4.66. The standard InChI is InChI=1S/C18H33N3O2/c1-19-11-13-21(14-12-19)18(23)8-10-20-9-4-6-16(20)15-5-2-3-7-17(15)22/h15-17,22H,2-14H2,1H3/t15-,16+,17+/m0/s1. The van der Waals surface area contributed by atoms with Gasteiger partial charge >= 0.3 is 0 Å². The van der Waals surface area contributed by atoms with E-state index in [1.54, 1.807) is 0 Å². The fourth-order valence-electron chi connectivity index (χ4n) is 4.66. The highest BCUT2D eigenvalue weighted by Crippen LogP contribution is 2.34. The summed E-state index contributed by atoms with van der Waals surface area (Å²) in [7, 11) is 2.12. The minimum absolute atomic E-state index is 0.123. The number of likely N-dealkylation sites (tertiary alicyclic amines) is 1. The molecule has 3 rings (SSSR count). The maximum atomic E-state index is 12.4. The van der Waals surface area contributed by atoms with E-state index in [4.69, 9.17) is 0 Å². The first kappa shape index (κ1) is 17.2. The Kier molecular flexibility index (Phi) is 5.94. The van der Waals surface area contributed by atoms with Crippen LogP contribution in [0.2, 0.25) is 0 Å². The zero-order chi connectivity index (χ0) is 16.2. The van der Waals surface area contributed by atoms with Gasteiger partial charge < -0.3 is 14.9 Å². The molecule has 0 aromatic rings. The molecule has 0 bridgehead atoms. The molecular formula is C18H33N3O2. The maximum Gasteiger partial charge on any atom is 0.223 e. The first-order chi connectivity index (χ1) is 11.1. The summed E-state index contributed by atoms with van der Waals surface area (Å²) in [4.78, 5) is 19.2. The fraction of sp³-hybridized carbons (Fsp3) is 0.944. The molecule has 1 amide bonds. The van der Waals surface area contributed by atoms with E-state index in [1.807, 2.05) is 4.90 Å². The highest BCUT2D eigenvalue weighted by atomic mass is 16.3. The van der Waals surface area contributed by atoms with Crippen molar-refractivity contribution in [3.05, 3.63) is 0 Å². The topological polar surface area (TPSA) is 47.0 Å². The van der Waals surface area contributed by atoms with Crippen LogP contribution in [0.25, 0.3) is 0 Å². The van der Waals surface area contributed by atoms with Gasteiger partial charge in [0, 0.05) is 51.1 Å². The molecule has 0 aromatic carbocycles. The Morgan fingerprint density at radius 1 is 1.00 bits per heavy atom. The lowest BCUT2D eigenvalue weighted by Crippen LogP contribution is -2.48. The molecule has 5 nitrogen and oxygen atoms in total. The molecule has 132 valence electrons. The SMILES string of the molecule is CN1CCN(C(=O)CCN2CCC[C@@H]2[C@@H]2CCCC[C@H]2O)CC1. The molecule has 0 spiro atoms. The highest BCUT2D eigenvalue weighted by molar-refractivity contribution is 5.76. The van der Waals surface area contributed by atoms with E-state index < -0.39 is 0 Å². The van der Waals surface area contributed by atoms with Gasteiger partial charge in [-0.05, 0) is 39.3 Å². The number of amides is 1. The molecule has 1 saturated carbocycles. The lowest BCUT2D eigenvalue weighted by atomic mass is 9.80. The Balaban J connectivity index is 1.48. The first-order valence-corrected chi connectivity index (χ1v) is 9.53. The molecule has 2 aliphatic heterocycles. The van der Waals surface area contributed by atoms with E-state index >= 15 is 0 Å². The molecule has 23 heavy (non-hydrogen) atoms. The first-order valence-electron chi connectivity index (χ1n) is 9.53. The number of hydrogen-bond acceptors (Lipinski definition) is 4. The number of nitrogens with zero attached hydrogens (tertiary/aromatic N) is 3. The minimum atomic E-state index is -0.123. The number of hydrogen-bond donors (Lipinski definition) is 1. The Morgan fingerprint density at radius 3 is 2.48 bits per heavy atom. The van der Waals surface area contributed by atoms with Gasteiger partial charge in [0.15, 0.2) is 0 Å². The monoisotopic (exact) mass is 323 g/mol. The van der Waals surface area contributed by atoms with Crippen molar-refractivity contribution in [3.63, 3.8) is 0 Å². The van der Waals surface area contributed by atoms with Crippen LogP contribution >= 0.6 is 0 Å². The predicted molar refractivity (Wildman–Crippen MR) is 91.3 cm³/mol. The quantitative estimate of drug-likeness (QED) is 0.844. The molecule has 2 heterocycles. The number of aliphatic hydroxyl groups excluding tert-OH is 1. The minimum Gasteiger partial charge on any atom is -0.393 e. The highest BCUT2D eigenvalue weighted by Gasteiger charge is 2.36. The van der Waals surface area contributed by atoms with E-state index in [0.717, 1.165) is 52.1 Å². The zero-order valence-electron chi connectivity index (χ0n) is 14.6. The van der Waals surface area contributed by atoms with E-state index in [1.165, 1.54) is 25.7 Å². The van der Waals surface area contributed by atoms with Crippen LogP contribution in [0.1, 0.15) is 44.9 Å². The third-order valence-electron chi connectivity index (χ3n) is 6.16. The van der Waals surface area contributed by atoms with Crippen LogP contribution in [0.3, 0.4) is 0 Å². The Bertz CT molecular complexity index is 396. The van der Waals surface area contributed by atoms with Crippen LogP contribution < -0.4 is 0 Å². The maximum absolute atomic E-state index is 12.4. The van der Waals surface area contributed by atoms with Crippen molar-refractivity contribution in [1.82, 2.24) is 14.7 Å². The summed E-state index contributed by atoms with van der Waals surface area (Å²) < 4.78 is 0. The number of likely N-dealkylation sites (N-methyl/N-ethyl adjacent to an activating group) is 1. The second-order valence-electron chi connectivity index (χ2n) is 7.70. The molecule has 5 heteroatoms. The number of aliphatic hydroxyl groups is 1. The van der Waals surface area contributed by atoms with Crippen molar-refractivity contribution in [2.45, 2.75) is 57.1 Å². The van der Waals surface area contributed by atoms with Gasteiger partial charge in [-0.15, -0.1) is 0 Å². The van der Waals surface area contributed by atoms with Crippen molar-refractivity contribution >= 4 is 5.91 Å². The predicted octanol–water partition coefficient (Wildman–Crippen LogP) is 1.17. The smallest absolute Gasteiger partial charge is 0.223 e. The summed E-state index contributed by atoms with van der Waals surface area (Å²) in [5.74, 6) is 0.748. The van der Waals surface area contributed by atoms with Gasteiger partial charge in [0.1, 0.15) is 0 Å². The molecule has 0 unspecified atom stereocenters. The molecule has 3 aliphatic rings. The second kappa shape index (κ2) is 7.95. The molecule has 1 aliphatic carbocycles. The van der Waals surface area contributed by atoms with Gasteiger partial charge in [-0.2, -0.15) is 0 Å². The molecule has 2 saturated heterocycles. The lowest BCUT2D eigenvalue weighted by molar-refractivity contribution is -0.133. The normalized spacial score (nSPS) is 34.0. The van der Waals surface area contributed by atoms with Gasteiger partial charge in [-0.1, -0.05) is 12.8 Å². The summed E-state index contributed by atoms with van der Waals surface area (Å²) in [6, 6.07) is 0.505. The molecular weight excluding hydrogens is 290 g/mol. The largest absolute Gasteiger partial charge is 0.393 e. The van der Waals surface area contributed by atoms with Crippen LogP contribution in [0.15, 0.2) is 0 Å². The van der Waals surface area contributed by atoms with Gasteiger partial charge in [-0.3, -0.25) is 9.69 Å². The lowest BCUT2D eigenvalue weighted by Gasteiger charge is -2.37. The van der Waals surface area contributed by atoms with Crippen LogP contribution in [-0.2, 0) is 4.79 Å². The summed E-state index contributed by atoms with van der Waals surface area (Å²) in [5.41, 5.74) is 0. The summed E-state index contributed by atoms with van der Waals surface area (Å²) >= 11 is 0. The number of carbonyl (C=O) groups is 1. The number of piperazine rings is 1. The Morgan fingerprint density at radius 2 is 1.74 bits per heavy atom. The average Bonchev–Trinajstić information content (AvgIpc) is 3.02. The molecule has 3 fully saturated rings. The summed E-state index contributed by atoms with van der Waals surface area (Å²) in [6.07, 6.45) is 7.50. The molecule has 0 radical (unpaired) electrons. The molecule has 0 aromatic heterocycles. The van der Waals surface area contributed by atoms with E-state index in [9.17, 15) is 9.90 Å². The van der Waals surface area contributed by atoms with E-state index in [2.05, 4.69) is 16.8 Å². The van der Waals surface area contributed by atoms with Crippen molar-refractivity contribution in [2.24, 2.45) is 5.92 Å². The van der Waals surface area contributed by atoms with Crippen LogP contribution in [0.4, 0.5) is 0 Å². The Labute approximate surface area is 140 Å².